The van der Waals surface area contributed by atoms with Gasteiger partial charge in [-0.15, -0.1) is 0 Å². The van der Waals surface area contributed by atoms with E-state index in [1.165, 1.54) is 11.1 Å². The molecule has 0 fully saturated rings. The van der Waals surface area contributed by atoms with Crippen LogP contribution in [0.15, 0.2) is 36.9 Å². The van der Waals surface area contributed by atoms with Crippen LogP contribution in [0.25, 0.3) is 0 Å². The molecule has 0 aliphatic rings. The van der Waals surface area contributed by atoms with Crippen LogP contribution in [0.1, 0.15) is 31.0 Å². The number of nitrogens with one attached hydrogen (secondary N) is 1. The van der Waals surface area contributed by atoms with Crippen molar-refractivity contribution in [1.29, 1.82) is 0 Å². The summed E-state index contributed by atoms with van der Waals surface area (Å²) in [7, 11) is 0. The minimum Gasteiger partial charge on any atom is -0.491 e. The number of hydrogen-bond donors (Lipinski definition) is 1. The van der Waals surface area contributed by atoms with Gasteiger partial charge in [-0.3, -0.25) is 0 Å². The van der Waals surface area contributed by atoms with Gasteiger partial charge in [0.05, 0.1) is 12.9 Å². The number of aryl methyl sites for hydroxylation is 1. The van der Waals surface area contributed by atoms with E-state index in [0.29, 0.717) is 12.6 Å². The predicted molar refractivity (Wildman–Crippen MR) is 81.0 cm³/mol. The molecule has 0 amide bonds. The van der Waals surface area contributed by atoms with Gasteiger partial charge in [-0.05, 0) is 26.5 Å². The molecule has 0 saturated carbocycles. The zero-order valence-electron chi connectivity index (χ0n) is 12.5. The monoisotopic (exact) mass is 273 g/mol. The highest BCUT2D eigenvalue weighted by Crippen LogP contribution is 2.26. The fourth-order valence-corrected chi connectivity index (χ4v) is 2.23. The van der Waals surface area contributed by atoms with Crippen molar-refractivity contribution in [2.24, 2.45) is 0 Å². The maximum absolute atomic E-state index is 5.94. The molecule has 2 aromatic rings. The van der Waals surface area contributed by atoms with Gasteiger partial charge in [0.25, 0.3) is 0 Å². The largest absolute Gasteiger partial charge is 0.491 e. The molecule has 20 heavy (non-hydrogen) atoms. The van der Waals surface area contributed by atoms with Crippen molar-refractivity contribution in [2.45, 2.75) is 33.4 Å². The highest BCUT2D eigenvalue weighted by atomic mass is 16.5. The number of aromatic nitrogens is 2. The van der Waals surface area contributed by atoms with Gasteiger partial charge in [0.2, 0.25) is 0 Å². The summed E-state index contributed by atoms with van der Waals surface area (Å²) < 4.78 is 7.96. The molecule has 1 atom stereocenters. The van der Waals surface area contributed by atoms with Gasteiger partial charge >= 0.3 is 0 Å². The Morgan fingerprint density at radius 3 is 2.95 bits per heavy atom. The maximum atomic E-state index is 5.94. The second-order valence-corrected chi connectivity index (χ2v) is 4.97. The summed E-state index contributed by atoms with van der Waals surface area (Å²) in [5.41, 5.74) is 2.48. The van der Waals surface area contributed by atoms with Gasteiger partial charge in [0.15, 0.2) is 0 Å². The third kappa shape index (κ3) is 3.84. The van der Waals surface area contributed by atoms with Crippen LogP contribution in [0.4, 0.5) is 0 Å². The molecule has 1 aromatic heterocycles. The van der Waals surface area contributed by atoms with Crippen LogP contribution in [-0.4, -0.2) is 22.7 Å². The Bertz CT molecular complexity index is 523. The van der Waals surface area contributed by atoms with Gasteiger partial charge in [-0.2, -0.15) is 0 Å². The number of benzene rings is 1. The molecule has 1 aromatic carbocycles. The van der Waals surface area contributed by atoms with Gasteiger partial charge in [-0.1, -0.05) is 24.6 Å². The number of imidazole rings is 1. The van der Waals surface area contributed by atoms with Gasteiger partial charge < -0.3 is 14.6 Å². The molecule has 4 nitrogen and oxygen atoms in total. The van der Waals surface area contributed by atoms with Crippen molar-refractivity contribution in [3.05, 3.63) is 48.0 Å². The molecule has 0 bridgehead atoms. The van der Waals surface area contributed by atoms with E-state index in [0.717, 1.165) is 18.8 Å². The van der Waals surface area contributed by atoms with Crippen LogP contribution in [0.2, 0.25) is 0 Å². The number of rotatable bonds is 7. The Balaban J connectivity index is 2.02. The molecule has 0 saturated heterocycles. The summed E-state index contributed by atoms with van der Waals surface area (Å²) in [4.78, 5) is 4.03. The lowest BCUT2D eigenvalue weighted by molar-refractivity contribution is 0.292. The first-order valence-electron chi connectivity index (χ1n) is 7.13. The van der Waals surface area contributed by atoms with Crippen LogP contribution >= 0.6 is 0 Å². The maximum Gasteiger partial charge on any atom is 0.124 e. The molecule has 1 N–H and O–H groups in total. The van der Waals surface area contributed by atoms with E-state index >= 15 is 0 Å². The lowest BCUT2D eigenvalue weighted by atomic mass is 10.0. The lowest BCUT2D eigenvalue weighted by Crippen LogP contribution is -2.19. The van der Waals surface area contributed by atoms with Gasteiger partial charge in [0, 0.05) is 24.0 Å². The average Bonchev–Trinajstić information content (AvgIpc) is 2.94. The van der Waals surface area contributed by atoms with Gasteiger partial charge in [0.1, 0.15) is 12.4 Å². The third-order valence-electron chi connectivity index (χ3n) is 3.31. The lowest BCUT2D eigenvalue weighted by Gasteiger charge is -2.18. The summed E-state index contributed by atoms with van der Waals surface area (Å²) in [5.74, 6) is 0.962. The van der Waals surface area contributed by atoms with Crippen molar-refractivity contribution in [2.75, 3.05) is 13.2 Å². The first-order chi connectivity index (χ1) is 9.70. The first kappa shape index (κ1) is 14.6. The third-order valence-corrected chi connectivity index (χ3v) is 3.31. The topological polar surface area (TPSA) is 39.1 Å². The van der Waals surface area contributed by atoms with E-state index in [1.54, 1.807) is 12.5 Å². The highest BCUT2D eigenvalue weighted by Gasteiger charge is 2.11. The molecular formula is C16H23N3O. The molecule has 0 spiro atoms. The molecule has 2 rings (SSSR count). The van der Waals surface area contributed by atoms with Crippen LogP contribution < -0.4 is 10.1 Å². The second kappa shape index (κ2) is 7.10. The quantitative estimate of drug-likeness (QED) is 0.843. The summed E-state index contributed by atoms with van der Waals surface area (Å²) in [6.07, 6.45) is 5.53. The summed E-state index contributed by atoms with van der Waals surface area (Å²) in [6, 6.07) is 6.64. The normalized spacial score (nSPS) is 12.3. The summed E-state index contributed by atoms with van der Waals surface area (Å²) in [6.45, 7) is 8.79. The number of nitrogens with zero attached hydrogens (tertiary/aromatic N) is 2. The Kier molecular flexibility index (Phi) is 5.18. The zero-order chi connectivity index (χ0) is 14.4. The molecule has 0 aliphatic heterocycles. The number of ether oxygens (including phenoxy) is 1. The van der Waals surface area contributed by atoms with Crippen molar-refractivity contribution >= 4 is 0 Å². The standard InChI is InChI=1S/C16H23N3O/c1-4-18-14(3)15-11-13(2)5-6-16(15)20-10-9-19-8-7-17-12-19/h5-8,11-12,14,18H,4,9-10H2,1-3H3. The van der Waals surface area contributed by atoms with Crippen LogP contribution in [0, 0.1) is 6.92 Å². The fraction of sp³-hybridized carbons (Fsp3) is 0.438. The molecular weight excluding hydrogens is 250 g/mol. The minimum absolute atomic E-state index is 0.295. The van der Waals surface area contributed by atoms with Crippen LogP contribution in [0.5, 0.6) is 5.75 Å². The molecule has 4 heteroatoms. The Hall–Kier alpha value is -1.81. The van der Waals surface area contributed by atoms with E-state index in [4.69, 9.17) is 4.74 Å². The van der Waals surface area contributed by atoms with Crippen molar-refractivity contribution in [1.82, 2.24) is 14.9 Å². The van der Waals surface area contributed by atoms with E-state index in [-0.39, 0.29) is 0 Å². The Labute approximate surface area is 120 Å². The van der Waals surface area contributed by atoms with E-state index < -0.39 is 0 Å². The molecule has 0 aliphatic carbocycles. The zero-order valence-corrected chi connectivity index (χ0v) is 12.5. The smallest absolute Gasteiger partial charge is 0.124 e. The Morgan fingerprint density at radius 2 is 2.25 bits per heavy atom. The van der Waals surface area contributed by atoms with Gasteiger partial charge in [-0.25, -0.2) is 4.98 Å². The van der Waals surface area contributed by atoms with Crippen LogP contribution in [0.3, 0.4) is 0 Å². The molecule has 1 heterocycles. The SMILES string of the molecule is CCNC(C)c1cc(C)ccc1OCCn1ccnc1. The Morgan fingerprint density at radius 1 is 1.40 bits per heavy atom. The molecule has 1 unspecified atom stereocenters. The van der Waals surface area contributed by atoms with Crippen molar-refractivity contribution in [3.8, 4) is 5.75 Å². The van der Waals surface area contributed by atoms with E-state index in [1.807, 2.05) is 10.8 Å². The predicted octanol–water partition coefficient (Wildman–Crippen LogP) is 2.94. The minimum atomic E-state index is 0.295. The second-order valence-electron chi connectivity index (χ2n) is 4.97. The highest BCUT2D eigenvalue weighted by molar-refractivity contribution is 5.38. The summed E-state index contributed by atoms with van der Waals surface area (Å²) >= 11 is 0. The average molecular weight is 273 g/mol. The first-order valence-corrected chi connectivity index (χ1v) is 7.13. The summed E-state index contributed by atoms with van der Waals surface area (Å²) in [5, 5.41) is 3.44. The van der Waals surface area contributed by atoms with E-state index in [2.05, 4.69) is 49.3 Å². The van der Waals surface area contributed by atoms with Crippen LogP contribution in [-0.2, 0) is 6.54 Å². The fourth-order valence-electron chi connectivity index (χ4n) is 2.23. The van der Waals surface area contributed by atoms with Crippen molar-refractivity contribution < 1.29 is 4.74 Å². The molecule has 108 valence electrons. The molecule has 0 radical (unpaired) electrons. The number of hydrogen-bond acceptors (Lipinski definition) is 3. The van der Waals surface area contributed by atoms with Crippen molar-refractivity contribution in [3.63, 3.8) is 0 Å². The van der Waals surface area contributed by atoms with E-state index in [9.17, 15) is 0 Å².